The van der Waals surface area contributed by atoms with E-state index in [4.69, 9.17) is 16.1 Å². The summed E-state index contributed by atoms with van der Waals surface area (Å²) in [6.45, 7) is 1.36. The van der Waals surface area contributed by atoms with Crippen molar-refractivity contribution in [3.8, 4) is 6.07 Å². The molecule has 0 saturated heterocycles. The number of anilines is 1. The second-order valence-electron chi connectivity index (χ2n) is 3.21. The lowest BCUT2D eigenvalue weighted by Crippen LogP contribution is -2.33. The minimum absolute atomic E-state index is 0.0104. The minimum atomic E-state index is -0.0104. The predicted octanol–water partition coefficient (Wildman–Crippen LogP) is -0.172. The van der Waals surface area contributed by atoms with E-state index in [1.54, 1.807) is 4.90 Å². The highest BCUT2D eigenvalue weighted by atomic mass is 32.2. The van der Waals surface area contributed by atoms with Gasteiger partial charge in [0.2, 0.25) is 0 Å². The van der Waals surface area contributed by atoms with Gasteiger partial charge in [0.15, 0.2) is 11.0 Å². The van der Waals surface area contributed by atoms with Crippen LogP contribution < -0.4 is 10.6 Å². The zero-order valence-corrected chi connectivity index (χ0v) is 10.4. The molecule has 0 aliphatic rings. The third-order valence-electron chi connectivity index (χ3n) is 2.12. The van der Waals surface area contributed by atoms with Crippen LogP contribution in [0, 0.1) is 11.3 Å². The molecule has 7 heteroatoms. The molecule has 6 nitrogen and oxygen atoms in total. The van der Waals surface area contributed by atoms with Crippen LogP contribution in [0.25, 0.3) is 0 Å². The number of hydrogen-bond acceptors (Lipinski definition) is 7. The van der Waals surface area contributed by atoms with E-state index in [1.165, 1.54) is 18.0 Å². The van der Waals surface area contributed by atoms with Crippen molar-refractivity contribution in [2.75, 3.05) is 37.4 Å². The van der Waals surface area contributed by atoms with Crippen molar-refractivity contribution in [2.24, 2.45) is 5.73 Å². The summed E-state index contributed by atoms with van der Waals surface area (Å²) in [5, 5.41) is 18.6. The Bertz CT molecular complexity index is 400. The number of aliphatic hydroxyl groups excluding tert-OH is 1. The predicted molar refractivity (Wildman–Crippen MR) is 66.9 cm³/mol. The third-order valence-corrected chi connectivity index (χ3v) is 2.68. The maximum absolute atomic E-state index is 9.01. The van der Waals surface area contributed by atoms with Crippen molar-refractivity contribution >= 4 is 17.6 Å². The van der Waals surface area contributed by atoms with Gasteiger partial charge >= 0.3 is 0 Å². The Labute approximate surface area is 104 Å². The molecule has 1 aromatic rings. The molecule has 1 aromatic heterocycles. The fourth-order valence-corrected chi connectivity index (χ4v) is 1.71. The van der Waals surface area contributed by atoms with Gasteiger partial charge < -0.3 is 15.7 Å². The standard InChI is InChI=1S/C10H15N5OS/c1-17-10-13-7-8(6-12)9(14-10)15(3-2-11)4-5-16/h7,16H,2-5,11H2,1H3. The second kappa shape index (κ2) is 7.06. The van der Waals surface area contributed by atoms with Crippen LogP contribution in [0.15, 0.2) is 11.4 Å². The van der Waals surface area contributed by atoms with Crippen LogP contribution in [0.2, 0.25) is 0 Å². The van der Waals surface area contributed by atoms with Crippen LogP contribution >= 0.6 is 11.8 Å². The van der Waals surface area contributed by atoms with Crippen LogP contribution in [-0.4, -0.2) is 47.6 Å². The van der Waals surface area contributed by atoms with Gasteiger partial charge in [0.05, 0.1) is 12.8 Å². The van der Waals surface area contributed by atoms with E-state index in [-0.39, 0.29) is 6.61 Å². The Morgan fingerprint density at radius 2 is 2.35 bits per heavy atom. The first-order valence-electron chi connectivity index (χ1n) is 5.13. The SMILES string of the molecule is CSc1ncc(C#N)c(N(CCN)CCO)n1. The average molecular weight is 253 g/mol. The topological polar surface area (TPSA) is 99.1 Å². The summed E-state index contributed by atoms with van der Waals surface area (Å²) in [4.78, 5) is 10.1. The number of nitrogens with two attached hydrogens (primary N) is 1. The molecule has 92 valence electrons. The summed E-state index contributed by atoms with van der Waals surface area (Å²) in [6.07, 6.45) is 3.36. The van der Waals surface area contributed by atoms with Crippen LogP contribution in [0.3, 0.4) is 0 Å². The van der Waals surface area contributed by atoms with Gasteiger partial charge in [-0.25, -0.2) is 9.97 Å². The molecule has 0 fully saturated rings. The first-order chi connectivity index (χ1) is 8.26. The van der Waals surface area contributed by atoms with E-state index in [0.29, 0.717) is 36.2 Å². The first-order valence-corrected chi connectivity index (χ1v) is 6.36. The van der Waals surface area contributed by atoms with E-state index >= 15 is 0 Å². The van der Waals surface area contributed by atoms with Crippen molar-refractivity contribution in [2.45, 2.75) is 5.16 Å². The van der Waals surface area contributed by atoms with Crippen LogP contribution in [0.1, 0.15) is 5.56 Å². The van der Waals surface area contributed by atoms with Crippen LogP contribution in [0.5, 0.6) is 0 Å². The van der Waals surface area contributed by atoms with E-state index in [1.807, 2.05) is 12.3 Å². The Balaban J connectivity index is 3.09. The van der Waals surface area contributed by atoms with Crippen molar-refractivity contribution < 1.29 is 5.11 Å². The summed E-state index contributed by atoms with van der Waals surface area (Å²) in [7, 11) is 0. The van der Waals surface area contributed by atoms with Gasteiger partial charge in [0.25, 0.3) is 0 Å². The number of hydrogen-bond donors (Lipinski definition) is 2. The molecule has 0 aliphatic carbocycles. The summed E-state index contributed by atoms with van der Waals surface area (Å²) >= 11 is 1.40. The van der Waals surface area contributed by atoms with Crippen LogP contribution in [-0.2, 0) is 0 Å². The Morgan fingerprint density at radius 3 is 2.88 bits per heavy atom. The molecule has 0 radical (unpaired) electrons. The van der Waals surface area contributed by atoms with Gasteiger partial charge in [-0.2, -0.15) is 5.26 Å². The molecular weight excluding hydrogens is 238 g/mol. The highest BCUT2D eigenvalue weighted by molar-refractivity contribution is 7.98. The second-order valence-corrected chi connectivity index (χ2v) is 3.98. The Morgan fingerprint density at radius 1 is 1.59 bits per heavy atom. The molecule has 1 rings (SSSR count). The summed E-state index contributed by atoms with van der Waals surface area (Å²) in [5.41, 5.74) is 5.90. The number of nitrogens with zero attached hydrogens (tertiary/aromatic N) is 4. The van der Waals surface area contributed by atoms with Gasteiger partial charge in [0, 0.05) is 19.6 Å². The lowest BCUT2D eigenvalue weighted by molar-refractivity contribution is 0.301. The molecule has 3 N–H and O–H groups in total. The zero-order valence-electron chi connectivity index (χ0n) is 9.63. The average Bonchev–Trinajstić information content (AvgIpc) is 2.37. The number of nitriles is 1. The summed E-state index contributed by atoms with van der Waals surface area (Å²) in [6, 6.07) is 2.05. The quantitative estimate of drug-likeness (QED) is 0.536. The molecule has 0 spiro atoms. The van der Waals surface area contributed by atoms with Gasteiger partial charge in [-0.3, -0.25) is 0 Å². The number of aliphatic hydroxyl groups is 1. The van der Waals surface area contributed by atoms with Crippen molar-refractivity contribution in [3.63, 3.8) is 0 Å². The minimum Gasteiger partial charge on any atom is -0.395 e. The highest BCUT2D eigenvalue weighted by Crippen LogP contribution is 2.19. The van der Waals surface area contributed by atoms with Gasteiger partial charge in [-0.1, -0.05) is 11.8 Å². The van der Waals surface area contributed by atoms with Crippen LogP contribution in [0.4, 0.5) is 5.82 Å². The van der Waals surface area contributed by atoms with E-state index in [2.05, 4.69) is 9.97 Å². The smallest absolute Gasteiger partial charge is 0.189 e. The lowest BCUT2D eigenvalue weighted by atomic mass is 10.3. The molecule has 0 amide bonds. The first kappa shape index (κ1) is 13.7. The summed E-state index contributed by atoms with van der Waals surface area (Å²) in [5.74, 6) is 0.534. The largest absolute Gasteiger partial charge is 0.395 e. The summed E-state index contributed by atoms with van der Waals surface area (Å²) < 4.78 is 0. The molecule has 0 aromatic carbocycles. The monoisotopic (exact) mass is 253 g/mol. The molecule has 17 heavy (non-hydrogen) atoms. The molecule has 0 bridgehead atoms. The maximum atomic E-state index is 9.01. The number of aromatic nitrogens is 2. The molecular formula is C10H15N5OS. The molecule has 0 unspecified atom stereocenters. The fraction of sp³-hybridized carbons (Fsp3) is 0.500. The van der Waals surface area contributed by atoms with E-state index in [0.717, 1.165) is 0 Å². The molecule has 0 saturated carbocycles. The van der Waals surface area contributed by atoms with Crippen molar-refractivity contribution in [1.29, 1.82) is 5.26 Å². The normalized spacial score (nSPS) is 10.0. The van der Waals surface area contributed by atoms with Gasteiger partial charge in [-0.05, 0) is 6.26 Å². The van der Waals surface area contributed by atoms with E-state index in [9.17, 15) is 0 Å². The zero-order chi connectivity index (χ0) is 12.7. The Kier molecular flexibility index (Phi) is 5.69. The fourth-order valence-electron chi connectivity index (χ4n) is 1.38. The molecule has 0 atom stereocenters. The lowest BCUT2D eigenvalue weighted by Gasteiger charge is -2.22. The number of thioether (sulfide) groups is 1. The molecule has 0 aliphatic heterocycles. The highest BCUT2D eigenvalue weighted by Gasteiger charge is 2.13. The van der Waals surface area contributed by atoms with Crippen molar-refractivity contribution in [3.05, 3.63) is 11.8 Å². The van der Waals surface area contributed by atoms with Gasteiger partial charge in [-0.15, -0.1) is 0 Å². The Hall–Kier alpha value is -1.36. The van der Waals surface area contributed by atoms with E-state index < -0.39 is 0 Å². The number of rotatable bonds is 6. The van der Waals surface area contributed by atoms with Crippen molar-refractivity contribution in [1.82, 2.24) is 9.97 Å². The third kappa shape index (κ3) is 3.56. The molecule has 1 heterocycles. The van der Waals surface area contributed by atoms with Gasteiger partial charge in [0.1, 0.15) is 11.6 Å². The maximum Gasteiger partial charge on any atom is 0.189 e.